The molecule has 0 fully saturated rings. The van der Waals surface area contributed by atoms with E-state index >= 15 is 0 Å². The molecule has 2 rings (SSSR count). The Morgan fingerprint density at radius 3 is 2.93 bits per heavy atom. The lowest BCUT2D eigenvalue weighted by Gasteiger charge is -1.96. The molecular weight excluding hydrogens is 216 g/mol. The van der Waals surface area contributed by atoms with Crippen molar-refractivity contribution in [3.05, 3.63) is 34.2 Å². The van der Waals surface area contributed by atoms with Crippen LogP contribution in [0.4, 0.5) is 0 Å². The second-order valence-electron chi connectivity index (χ2n) is 2.83. The Hall–Kier alpha value is -1.88. The minimum atomic E-state index is -1.03. The molecule has 4 nitrogen and oxygen atoms in total. The molecule has 0 radical (unpaired) electrons. The first-order valence-electron chi connectivity index (χ1n) is 4.06. The Balaban J connectivity index is 2.58. The van der Waals surface area contributed by atoms with Gasteiger partial charge < -0.3 is 9.52 Å². The average molecular weight is 222 g/mol. The largest absolute Gasteiger partial charge is 0.478 e. The molecule has 0 spiro atoms. The molecule has 0 bridgehead atoms. The number of carboxylic acid groups (broad SMARTS) is 1. The molecular formula is C10H6O4S. The van der Waals surface area contributed by atoms with Crippen LogP contribution in [-0.4, -0.2) is 17.4 Å². The van der Waals surface area contributed by atoms with E-state index in [0.717, 1.165) is 0 Å². The van der Waals surface area contributed by atoms with Crippen LogP contribution < -0.4 is 0 Å². The highest BCUT2D eigenvalue weighted by Crippen LogP contribution is 2.30. The van der Waals surface area contributed by atoms with Crippen molar-refractivity contribution in [2.45, 2.75) is 0 Å². The molecule has 15 heavy (non-hydrogen) atoms. The number of hydrogen-bond donors (Lipinski definition) is 1. The molecule has 0 saturated carbocycles. The predicted molar refractivity (Wildman–Crippen MR) is 54.4 cm³/mol. The molecule has 2 aromatic heterocycles. The predicted octanol–water partition coefficient (Wildman–Crippen LogP) is 2.52. The van der Waals surface area contributed by atoms with Gasteiger partial charge in [-0.3, -0.25) is 4.79 Å². The number of carbonyl (C=O) groups is 2. The maximum absolute atomic E-state index is 10.9. The average Bonchev–Trinajstić information content (AvgIpc) is 2.85. The Morgan fingerprint density at radius 1 is 1.47 bits per heavy atom. The van der Waals surface area contributed by atoms with Crippen LogP contribution in [0.15, 0.2) is 27.5 Å². The van der Waals surface area contributed by atoms with E-state index in [-0.39, 0.29) is 5.56 Å². The molecule has 76 valence electrons. The van der Waals surface area contributed by atoms with Crippen molar-refractivity contribution in [1.82, 2.24) is 0 Å². The van der Waals surface area contributed by atoms with Gasteiger partial charge in [-0.05, 0) is 6.07 Å². The van der Waals surface area contributed by atoms with Gasteiger partial charge in [0.25, 0.3) is 0 Å². The summed E-state index contributed by atoms with van der Waals surface area (Å²) >= 11 is 1.26. The zero-order chi connectivity index (χ0) is 10.8. The van der Waals surface area contributed by atoms with Crippen molar-refractivity contribution in [1.29, 1.82) is 0 Å². The highest BCUT2D eigenvalue weighted by molar-refractivity contribution is 7.08. The third-order valence-corrected chi connectivity index (χ3v) is 2.70. The Kier molecular flexibility index (Phi) is 2.39. The summed E-state index contributed by atoms with van der Waals surface area (Å²) in [4.78, 5) is 21.5. The molecule has 0 amide bonds. The summed E-state index contributed by atoms with van der Waals surface area (Å²) in [5, 5.41) is 12.1. The van der Waals surface area contributed by atoms with Crippen molar-refractivity contribution in [3.63, 3.8) is 0 Å². The number of aldehydes is 1. The van der Waals surface area contributed by atoms with Crippen molar-refractivity contribution < 1.29 is 19.1 Å². The second kappa shape index (κ2) is 3.70. The SMILES string of the molecule is O=Cc1ccoc1-c1cscc1C(=O)O. The Labute approximate surface area is 88.8 Å². The molecule has 0 aliphatic rings. The Bertz CT molecular complexity index is 509. The standard InChI is InChI=1S/C10H6O4S/c11-3-6-1-2-14-9(6)7-4-15-5-8(7)10(12)13/h1-5H,(H,12,13). The lowest BCUT2D eigenvalue weighted by molar-refractivity contribution is 0.0698. The third kappa shape index (κ3) is 1.57. The number of thiophene rings is 1. The van der Waals surface area contributed by atoms with Gasteiger partial charge in [-0.2, -0.15) is 11.3 Å². The fraction of sp³-hybridized carbons (Fsp3) is 0. The highest BCUT2D eigenvalue weighted by Gasteiger charge is 2.17. The van der Waals surface area contributed by atoms with Crippen molar-refractivity contribution in [2.75, 3.05) is 0 Å². The molecule has 0 aromatic carbocycles. The second-order valence-corrected chi connectivity index (χ2v) is 3.57. The summed E-state index contributed by atoms with van der Waals surface area (Å²) < 4.78 is 5.10. The fourth-order valence-electron chi connectivity index (χ4n) is 1.27. The van der Waals surface area contributed by atoms with Crippen LogP contribution >= 0.6 is 11.3 Å². The van der Waals surface area contributed by atoms with E-state index in [0.29, 0.717) is 23.2 Å². The minimum Gasteiger partial charge on any atom is -0.478 e. The fourth-order valence-corrected chi connectivity index (χ4v) is 2.07. The van der Waals surface area contributed by atoms with Gasteiger partial charge in [0.1, 0.15) is 5.76 Å². The summed E-state index contributed by atoms with van der Waals surface area (Å²) in [6.45, 7) is 0. The lowest BCUT2D eigenvalue weighted by atomic mass is 10.1. The number of carbonyl (C=O) groups excluding carboxylic acids is 1. The summed E-state index contributed by atoms with van der Waals surface area (Å²) in [7, 11) is 0. The van der Waals surface area contributed by atoms with Gasteiger partial charge in [0.2, 0.25) is 0 Å². The number of rotatable bonds is 3. The van der Waals surface area contributed by atoms with Gasteiger partial charge in [0, 0.05) is 16.3 Å². The molecule has 0 aliphatic carbocycles. The maximum atomic E-state index is 10.9. The van der Waals surface area contributed by atoms with E-state index in [9.17, 15) is 9.59 Å². The topological polar surface area (TPSA) is 67.5 Å². The molecule has 0 aliphatic heterocycles. The van der Waals surface area contributed by atoms with E-state index in [1.54, 1.807) is 5.38 Å². The van der Waals surface area contributed by atoms with Crippen LogP contribution in [0.1, 0.15) is 20.7 Å². The van der Waals surface area contributed by atoms with Crippen LogP contribution in [-0.2, 0) is 0 Å². The first kappa shape index (κ1) is 9.67. The molecule has 5 heteroatoms. The summed E-state index contributed by atoms with van der Waals surface area (Å²) in [5.74, 6) is -0.719. The zero-order valence-corrected chi connectivity index (χ0v) is 8.28. The minimum absolute atomic E-state index is 0.151. The zero-order valence-electron chi connectivity index (χ0n) is 7.47. The third-order valence-electron chi connectivity index (χ3n) is 1.96. The number of aromatic carboxylic acids is 1. The van der Waals surface area contributed by atoms with Crippen molar-refractivity contribution in [2.24, 2.45) is 0 Å². The van der Waals surface area contributed by atoms with E-state index in [2.05, 4.69) is 0 Å². The summed E-state index contributed by atoms with van der Waals surface area (Å²) in [6.07, 6.45) is 2.00. The van der Waals surface area contributed by atoms with Gasteiger partial charge in [-0.25, -0.2) is 4.79 Å². The number of carboxylic acids is 1. The first-order valence-corrected chi connectivity index (χ1v) is 5.01. The number of furan rings is 1. The van der Waals surface area contributed by atoms with Crippen molar-refractivity contribution >= 4 is 23.6 Å². The van der Waals surface area contributed by atoms with Gasteiger partial charge in [0.15, 0.2) is 6.29 Å². The van der Waals surface area contributed by atoms with Crippen LogP contribution in [0.5, 0.6) is 0 Å². The normalized spacial score (nSPS) is 10.1. The van der Waals surface area contributed by atoms with Gasteiger partial charge in [0.05, 0.1) is 17.4 Å². The van der Waals surface area contributed by atoms with Crippen LogP contribution in [0.3, 0.4) is 0 Å². The number of hydrogen-bond acceptors (Lipinski definition) is 4. The molecule has 2 heterocycles. The Morgan fingerprint density at radius 2 is 2.27 bits per heavy atom. The van der Waals surface area contributed by atoms with E-state index in [1.165, 1.54) is 29.0 Å². The highest BCUT2D eigenvalue weighted by atomic mass is 32.1. The monoisotopic (exact) mass is 222 g/mol. The summed E-state index contributed by atoms with van der Waals surface area (Å²) in [5.41, 5.74) is 0.952. The quantitative estimate of drug-likeness (QED) is 0.810. The van der Waals surface area contributed by atoms with Gasteiger partial charge >= 0.3 is 5.97 Å². The van der Waals surface area contributed by atoms with E-state index in [4.69, 9.17) is 9.52 Å². The van der Waals surface area contributed by atoms with Crippen LogP contribution in [0.25, 0.3) is 11.3 Å². The maximum Gasteiger partial charge on any atom is 0.337 e. The van der Waals surface area contributed by atoms with Gasteiger partial charge in [-0.1, -0.05) is 0 Å². The molecule has 2 aromatic rings. The van der Waals surface area contributed by atoms with Gasteiger partial charge in [-0.15, -0.1) is 0 Å². The summed E-state index contributed by atoms with van der Waals surface area (Å²) in [6, 6.07) is 1.51. The van der Waals surface area contributed by atoms with E-state index in [1.807, 2.05) is 0 Å². The molecule has 0 atom stereocenters. The first-order chi connectivity index (χ1) is 7.24. The smallest absolute Gasteiger partial charge is 0.337 e. The van der Waals surface area contributed by atoms with Crippen LogP contribution in [0.2, 0.25) is 0 Å². The van der Waals surface area contributed by atoms with Crippen molar-refractivity contribution in [3.8, 4) is 11.3 Å². The lowest BCUT2D eigenvalue weighted by Crippen LogP contribution is -1.96. The molecule has 0 unspecified atom stereocenters. The molecule has 1 N–H and O–H groups in total. The van der Waals surface area contributed by atoms with Crippen LogP contribution in [0, 0.1) is 0 Å². The molecule has 0 saturated heterocycles. The van der Waals surface area contributed by atoms with E-state index < -0.39 is 5.97 Å².